The molecule has 8 heteroatoms. The Hall–Kier alpha value is -1.70. The molecule has 2 N–H and O–H groups in total. The first-order chi connectivity index (χ1) is 9.91. The summed E-state index contributed by atoms with van der Waals surface area (Å²) in [6.45, 7) is 4.39. The highest BCUT2D eigenvalue weighted by Crippen LogP contribution is 2.34. The third kappa shape index (κ3) is 3.31. The average Bonchev–Trinajstić information content (AvgIpc) is 3.05. The number of hydrogen-bond donors (Lipinski definition) is 2. The van der Waals surface area contributed by atoms with E-state index in [0.717, 1.165) is 5.56 Å². The lowest BCUT2D eigenvalue weighted by atomic mass is 10.1. The second-order valence-corrected chi connectivity index (χ2v) is 6.62. The molecule has 1 aromatic heterocycles. The molecule has 0 aromatic carbocycles. The molecule has 2 unspecified atom stereocenters. The van der Waals surface area contributed by atoms with E-state index in [2.05, 4.69) is 10.2 Å². The van der Waals surface area contributed by atoms with Crippen LogP contribution in [0.1, 0.15) is 19.4 Å². The van der Waals surface area contributed by atoms with E-state index in [9.17, 15) is 14.7 Å². The van der Waals surface area contributed by atoms with Crippen LogP contribution in [0.3, 0.4) is 0 Å². The molecule has 2 amide bonds. The maximum absolute atomic E-state index is 12.6. The minimum absolute atomic E-state index is 0.106. The molecule has 0 spiro atoms. The summed E-state index contributed by atoms with van der Waals surface area (Å²) in [6, 6.07) is -1.02. The van der Waals surface area contributed by atoms with Crippen LogP contribution >= 0.6 is 11.8 Å². The van der Waals surface area contributed by atoms with Crippen molar-refractivity contribution < 1.29 is 14.7 Å². The van der Waals surface area contributed by atoms with Gasteiger partial charge in [0.25, 0.3) is 0 Å². The van der Waals surface area contributed by atoms with Crippen LogP contribution in [0.25, 0.3) is 0 Å². The van der Waals surface area contributed by atoms with Gasteiger partial charge < -0.3 is 10.0 Å². The Balaban J connectivity index is 2.14. The number of aromatic nitrogens is 2. The van der Waals surface area contributed by atoms with Crippen molar-refractivity contribution in [1.29, 1.82) is 0 Å². The summed E-state index contributed by atoms with van der Waals surface area (Å²) in [6.07, 6.45) is 3.37. The molecule has 2 rings (SSSR count). The van der Waals surface area contributed by atoms with E-state index in [1.165, 1.54) is 21.6 Å². The Bertz CT molecular complexity index is 506. The van der Waals surface area contributed by atoms with E-state index < -0.39 is 12.0 Å². The highest BCUT2D eigenvalue weighted by atomic mass is 32.2. The average molecular weight is 312 g/mol. The maximum atomic E-state index is 12.6. The monoisotopic (exact) mass is 312 g/mol. The molecule has 0 bridgehead atoms. The maximum Gasteiger partial charge on any atom is 0.327 e. The van der Waals surface area contributed by atoms with Crippen molar-refractivity contribution in [2.24, 2.45) is 5.92 Å². The predicted octanol–water partition coefficient (Wildman–Crippen LogP) is 1.45. The lowest BCUT2D eigenvalue weighted by molar-refractivity contribution is -0.141. The van der Waals surface area contributed by atoms with Crippen LogP contribution in [-0.4, -0.2) is 61.3 Å². The molecule has 1 aromatic rings. The number of thioether (sulfide) groups is 1. The lowest BCUT2D eigenvalue weighted by Crippen LogP contribution is -2.51. The van der Waals surface area contributed by atoms with Crippen LogP contribution in [0.4, 0.5) is 4.79 Å². The summed E-state index contributed by atoms with van der Waals surface area (Å²) in [5.41, 5.74) is 0.880. The van der Waals surface area contributed by atoms with Crippen LogP contribution in [0.5, 0.6) is 0 Å². The SMILES string of the molecule is CC(C)C1SCC(C(=O)O)N1C(=O)N(C)Cc1cn[nH]c1. The van der Waals surface area contributed by atoms with Crippen LogP contribution < -0.4 is 0 Å². The van der Waals surface area contributed by atoms with Gasteiger partial charge in [0.05, 0.1) is 18.1 Å². The number of carbonyl (C=O) groups excluding carboxylic acids is 1. The summed E-state index contributed by atoms with van der Waals surface area (Å²) >= 11 is 1.53. The number of H-pyrrole nitrogens is 1. The van der Waals surface area contributed by atoms with Gasteiger partial charge in [-0.25, -0.2) is 9.59 Å². The van der Waals surface area contributed by atoms with Crippen molar-refractivity contribution in [3.63, 3.8) is 0 Å². The number of carbonyl (C=O) groups is 2. The summed E-state index contributed by atoms with van der Waals surface area (Å²) in [4.78, 5) is 27.1. The van der Waals surface area contributed by atoms with Crippen molar-refractivity contribution in [2.75, 3.05) is 12.8 Å². The molecule has 2 heterocycles. The minimum Gasteiger partial charge on any atom is -0.480 e. The zero-order valence-electron chi connectivity index (χ0n) is 12.3. The molecular weight excluding hydrogens is 292 g/mol. The molecule has 0 aliphatic carbocycles. The predicted molar refractivity (Wildman–Crippen MR) is 79.8 cm³/mol. The largest absolute Gasteiger partial charge is 0.480 e. The van der Waals surface area contributed by atoms with Gasteiger partial charge in [0, 0.05) is 24.6 Å². The van der Waals surface area contributed by atoms with Gasteiger partial charge in [0.1, 0.15) is 6.04 Å². The van der Waals surface area contributed by atoms with Gasteiger partial charge in [-0.2, -0.15) is 5.10 Å². The van der Waals surface area contributed by atoms with Crippen molar-refractivity contribution in [3.8, 4) is 0 Å². The van der Waals surface area contributed by atoms with Crippen molar-refractivity contribution >= 4 is 23.8 Å². The van der Waals surface area contributed by atoms with Gasteiger partial charge >= 0.3 is 12.0 Å². The summed E-state index contributed by atoms with van der Waals surface area (Å²) in [7, 11) is 1.68. The van der Waals surface area contributed by atoms with E-state index in [1.807, 2.05) is 13.8 Å². The molecule has 1 saturated heterocycles. The van der Waals surface area contributed by atoms with E-state index in [-0.39, 0.29) is 17.3 Å². The summed E-state index contributed by atoms with van der Waals surface area (Å²) in [5.74, 6) is -0.315. The Morgan fingerprint density at radius 1 is 1.62 bits per heavy atom. The van der Waals surface area contributed by atoms with Gasteiger partial charge in [-0.05, 0) is 5.92 Å². The highest BCUT2D eigenvalue weighted by molar-refractivity contribution is 8.00. The van der Waals surface area contributed by atoms with Gasteiger partial charge in [0.2, 0.25) is 0 Å². The Morgan fingerprint density at radius 3 is 2.86 bits per heavy atom. The second kappa shape index (κ2) is 6.38. The first-order valence-electron chi connectivity index (χ1n) is 6.77. The number of nitrogens with one attached hydrogen (secondary N) is 1. The third-order valence-electron chi connectivity index (χ3n) is 3.41. The van der Waals surface area contributed by atoms with Crippen LogP contribution in [0, 0.1) is 5.92 Å². The zero-order valence-corrected chi connectivity index (χ0v) is 13.1. The second-order valence-electron chi connectivity index (χ2n) is 5.47. The third-order valence-corrected chi connectivity index (χ3v) is 5.03. The Labute approximate surface area is 127 Å². The van der Waals surface area contributed by atoms with Crippen molar-refractivity contribution in [1.82, 2.24) is 20.0 Å². The fraction of sp³-hybridized carbons (Fsp3) is 0.615. The quantitative estimate of drug-likeness (QED) is 0.878. The number of urea groups is 1. The van der Waals surface area contributed by atoms with E-state index in [1.54, 1.807) is 19.4 Å². The Kier molecular flexibility index (Phi) is 4.76. The van der Waals surface area contributed by atoms with Gasteiger partial charge in [-0.1, -0.05) is 13.8 Å². The normalized spacial score (nSPS) is 21.8. The highest BCUT2D eigenvalue weighted by Gasteiger charge is 2.43. The fourth-order valence-corrected chi connectivity index (χ4v) is 3.84. The van der Waals surface area contributed by atoms with Gasteiger partial charge in [0.15, 0.2) is 0 Å². The molecule has 0 saturated carbocycles. The van der Waals surface area contributed by atoms with Gasteiger partial charge in [-0.3, -0.25) is 10.00 Å². The van der Waals surface area contributed by atoms with Crippen LogP contribution in [0.15, 0.2) is 12.4 Å². The first-order valence-corrected chi connectivity index (χ1v) is 7.82. The van der Waals surface area contributed by atoms with Gasteiger partial charge in [-0.15, -0.1) is 11.8 Å². The number of aliphatic carboxylic acids is 1. The zero-order chi connectivity index (χ0) is 15.6. The number of hydrogen-bond acceptors (Lipinski definition) is 4. The van der Waals surface area contributed by atoms with E-state index in [4.69, 9.17) is 0 Å². The number of rotatable bonds is 4. The minimum atomic E-state index is -0.948. The van der Waals surface area contributed by atoms with E-state index >= 15 is 0 Å². The molecule has 1 fully saturated rings. The van der Waals surface area contributed by atoms with Crippen molar-refractivity contribution in [3.05, 3.63) is 18.0 Å². The molecule has 7 nitrogen and oxygen atoms in total. The fourth-order valence-electron chi connectivity index (χ4n) is 2.38. The molecule has 21 heavy (non-hydrogen) atoms. The molecule has 1 aliphatic heterocycles. The lowest BCUT2D eigenvalue weighted by Gasteiger charge is -2.33. The number of nitrogens with zero attached hydrogens (tertiary/aromatic N) is 3. The first kappa shape index (κ1) is 15.7. The number of carboxylic acids is 1. The summed E-state index contributed by atoms with van der Waals surface area (Å²) < 4.78 is 0. The number of aromatic amines is 1. The molecule has 2 atom stereocenters. The number of amides is 2. The van der Waals surface area contributed by atoms with Crippen LogP contribution in [0.2, 0.25) is 0 Å². The van der Waals surface area contributed by atoms with Crippen LogP contribution in [-0.2, 0) is 11.3 Å². The molecule has 1 aliphatic rings. The Morgan fingerprint density at radius 2 is 2.33 bits per heavy atom. The van der Waals surface area contributed by atoms with Crippen molar-refractivity contribution in [2.45, 2.75) is 31.8 Å². The molecule has 0 radical (unpaired) electrons. The standard InChI is InChI=1S/C13H20N4O3S/c1-8(2)11-17(10(7-21-11)12(18)19)13(20)16(3)6-9-4-14-15-5-9/h4-5,8,10-11H,6-7H2,1-3H3,(H,14,15)(H,18,19). The summed E-state index contributed by atoms with van der Waals surface area (Å²) in [5, 5.41) is 15.8. The topological polar surface area (TPSA) is 89.5 Å². The number of carboxylic acid groups (broad SMARTS) is 1. The van der Waals surface area contributed by atoms with E-state index in [0.29, 0.717) is 12.3 Å². The molecular formula is C13H20N4O3S. The smallest absolute Gasteiger partial charge is 0.327 e. The molecule has 116 valence electrons.